The lowest BCUT2D eigenvalue weighted by Crippen LogP contribution is -2.24. The predicted molar refractivity (Wildman–Crippen MR) is 80.7 cm³/mol. The molecule has 0 saturated carbocycles. The lowest BCUT2D eigenvalue weighted by Gasteiger charge is -2.12. The van der Waals surface area contributed by atoms with Gasteiger partial charge in [-0.15, -0.1) is 0 Å². The lowest BCUT2D eigenvalue weighted by atomic mass is 9.96. The normalized spacial score (nSPS) is 18.5. The van der Waals surface area contributed by atoms with E-state index in [1.807, 2.05) is 6.21 Å². The van der Waals surface area contributed by atoms with E-state index in [4.69, 9.17) is 12.2 Å². The van der Waals surface area contributed by atoms with Crippen LogP contribution < -0.4 is 10.7 Å². The van der Waals surface area contributed by atoms with Crippen LogP contribution in [0.3, 0.4) is 0 Å². The summed E-state index contributed by atoms with van der Waals surface area (Å²) in [6.07, 6.45) is 9.52. The molecule has 2 N–H and O–H groups in total. The van der Waals surface area contributed by atoms with E-state index in [9.17, 15) is 4.39 Å². The van der Waals surface area contributed by atoms with Crippen LogP contribution in [0.5, 0.6) is 0 Å². The van der Waals surface area contributed by atoms with Crippen molar-refractivity contribution in [3.8, 4) is 0 Å². The summed E-state index contributed by atoms with van der Waals surface area (Å²) < 4.78 is 12.7. The first kappa shape index (κ1) is 13.7. The van der Waals surface area contributed by atoms with E-state index in [0.717, 1.165) is 24.9 Å². The first-order valence-corrected chi connectivity index (χ1v) is 6.65. The van der Waals surface area contributed by atoms with Gasteiger partial charge in [0, 0.05) is 11.9 Å². The monoisotopic (exact) mass is 277 g/mol. The molecule has 1 aliphatic carbocycles. The molecular formula is C14H16FN3S. The Labute approximate surface area is 117 Å². The van der Waals surface area contributed by atoms with Gasteiger partial charge < -0.3 is 5.32 Å². The van der Waals surface area contributed by atoms with E-state index in [-0.39, 0.29) is 5.82 Å². The number of hydrogen-bond acceptors (Lipinski definition) is 2. The minimum Gasteiger partial charge on any atom is -0.331 e. The third-order valence-corrected chi connectivity index (χ3v) is 3.06. The predicted octanol–water partition coefficient (Wildman–Crippen LogP) is 3.45. The Bertz CT molecular complexity index is 482. The number of halogens is 1. The molecule has 0 spiro atoms. The third-order valence-electron chi connectivity index (χ3n) is 2.86. The average molecular weight is 277 g/mol. The minimum absolute atomic E-state index is 0.271. The fourth-order valence-corrected chi connectivity index (χ4v) is 2.02. The van der Waals surface area contributed by atoms with E-state index in [1.54, 1.807) is 12.1 Å². The summed E-state index contributed by atoms with van der Waals surface area (Å²) in [5, 5.41) is 7.45. The van der Waals surface area contributed by atoms with Crippen LogP contribution in [0.1, 0.15) is 19.3 Å². The standard InChI is InChI=1S/C14H16FN3S/c15-12-6-8-13(9-7-12)17-14(19)18-16-10-11-4-2-1-3-5-11/h1-2,6-11H,3-5H2,(H2,17,18,19)/b16-10-/t11-/m0/s1. The smallest absolute Gasteiger partial charge is 0.191 e. The maximum atomic E-state index is 12.7. The molecule has 0 fully saturated rings. The van der Waals surface area contributed by atoms with Gasteiger partial charge in [-0.25, -0.2) is 4.39 Å². The van der Waals surface area contributed by atoms with Crippen molar-refractivity contribution < 1.29 is 4.39 Å². The zero-order chi connectivity index (χ0) is 13.5. The maximum absolute atomic E-state index is 12.7. The van der Waals surface area contributed by atoms with Crippen LogP contribution in [-0.2, 0) is 0 Å². The third kappa shape index (κ3) is 4.79. The van der Waals surface area contributed by atoms with Crippen LogP contribution in [0.2, 0.25) is 0 Å². The zero-order valence-corrected chi connectivity index (χ0v) is 11.3. The van der Waals surface area contributed by atoms with Gasteiger partial charge in [-0.1, -0.05) is 12.2 Å². The van der Waals surface area contributed by atoms with Gasteiger partial charge in [0.15, 0.2) is 5.11 Å². The highest BCUT2D eigenvalue weighted by Gasteiger charge is 2.06. The number of nitrogens with one attached hydrogen (secondary N) is 2. The van der Waals surface area contributed by atoms with Crippen molar-refractivity contribution in [2.24, 2.45) is 11.0 Å². The van der Waals surface area contributed by atoms with Crippen LogP contribution in [0.25, 0.3) is 0 Å². The highest BCUT2D eigenvalue weighted by Crippen LogP contribution is 2.15. The van der Waals surface area contributed by atoms with Gasteiger partial charge in [0.2, 0.25) is 0 Å². The summed E-state index contributed by atoms with van der Waals surface area (Å²) in [6, 6.07) is 6.00. The minimum atomic E-state index is -0.271. The molecule has 0 saturated heterocycles. The van der Waals surface area contributed by atoms with Gasteiger partial charge in [0.05, 0.1) is 0 Å². The van der Waals surface area contributed by atoms with Crippen LogP contribution in [0.4, 0.5) is 10.1 Å². The van der Waals surface area contributed by atoms with Crippen LogP contribution in [-0.4, -0.2) is 11.3 Å². The number of benzene rings is 1. The quantitative estimate of drug-likeness (QED) is 0.384. The number of anilines is 1. The molecule has 5 heteroatoms. The molecule has 0 aliphatic heterocycles. The van der Waals surface area contributed by atoms with Crippen LogP contribution in [0.15, 0.2) is 41.5 Å². The fraction of sp³-hybridized carbons (Fsp3) is 0.286. The molecule has 1 atom stereocenters. The fourth-order valence-electron chi connectivity index (χ4n) is 1.85. The Morgan fingerprint density at radius 1 is 1.32 bits per heavy atom. The molecule has 1 aromatic carbocycles. The Hall–Kier alpha value is -1.75. The molecule has 0 bridgehead atoms. The number of nitrogens with zero attached hydrogens (tertiary/aromatic N) is 1. The largest absolute Gasteiger partial charge is 0.331 e. The lowest BCUT2D eigenvalue weighted by molar-refractivity contribution is 0.624. The van der Waals surface area contributed by atoms with Crippen molar-refractivity contribution in [2.45, 2.75) is 19.3 Å². The number of hydrogen-bond donors (Lipinski definition) is 2. The van der Waals surface area contributed by atoms with Crippen molar-refractivity contribution in [1.82, 2.24) is 5.43 Å². The first-order chi connectivity index (χ1) is 9.24. The molecular weight excluding hydrogens is 261 g/mol. The Kier molecular flexibility index (Phi) is 5.03. The molecule has 0 amide bonds. The molecule has 100 valence electrons. The zero-order valence-electron chi connectivity index (χ0n) is 10.5. The molecule has 0 radical (unpaired) electrons. The number of rotatable bonds is 3. The highest BCUT2D eigenvalue weighted by molar-refractivity contribution is 7.80. The molecule has 3 nitrogen and oxygen atoms in total. The summed E-state index contributed by atoms with van der Waals surface area (Å²) in [5.41, 5.74) is 3.50. The highest BCUT2D eigenvalue weighted by atomic mass is 32.1. The Morgan fingerprint density at radius 2 is 2.11 bits per heavy atom. The number of thiocarbonyl (C=S) groups is 1. The van der Waals surface area contributed by atoms with E-state index in [0.29, 0.717) is 11.0 Å². The van der Waals surface area contributed by atoms with Crippen molar-refractivity contribution in [1.29, 1.82) is 0 Å². The average Bonchev–Trinajstić information content (AvgIpc) is 2.43. The van der Waals surface area contributed by atoms with Gasteiger partial charge in [-0.05, 0) is 61.7 Å². The topological polar surface area (TPSA) is 36.4 Å². The van der Waals surface area contributed by atoms with E-state index in [1.165, 1.54) is 12.1 Å². The first-order valence-electron chi connectivity index (χ1n) is 6.25. The Morgan fingerprint density at radius 3 is 2.79 bits per heavy atom. The van der Waals surface area contributed by atoms with Crippen molar-refractivity contribution in [3.05, 3.63) is 42.2 Å². The molecule has 19 heavy (non-hydrogen) atoms. The van der Waals surface area contributed by atoms with Gasteiger partial charge in [0.25, 0.3) is 0 Å². The van der Waals surface area contributed by atoms with Crippen LogP contribution >= 0.6 is 12.2 Å². The molecule has 0 aromatic heterocycles. The van der Waals surface area contributed by atoms with Gasteiger partial charge in [0.1, 0.15) is 5.82 Å². The summed E-state index contributed by atoms with van der Waals surface area (Å²) in [6.45, 7) is 0. The number of hydrazone groups is 1. The van der Waals surface area contributed by atoms with E-state index < -0.39 is 0 Å². The molecule has 1 aromatic rings. The molecule has 0 unspecified atom stereocenters. The summed E-state index contributed by atoms with van der Waals surface area (Å²) in [7, 11) is 0. The summed E-state index contributed by atoms with van der Waals surface area (Å²) in [4.78, 5) is 0. The van der Waals surface area contributed by atoms with Crippen LogP contribution in [0, 0.1) is 11.7 Å². The SMILES string of the molecule is Fc1ccc(NC(=S)N/N=C\[C@H]2CC=CCC2)cc1. The molecule has 1 aliphatic rings. The molecule has 0 heterocycles. The van der Waals surface area contributed by atoms with Gasteiger partial charge in [-0.3, -0.25) is 5.43 Å². The van der Waals surface area contributed by atoms with Gasteiger partial charge >= 0.3 is 0 Å². The van der Waals surface area contributed by atoms with Crippen molar-refractivity contribution >= 4 is 29.2 Å². The molecule has 2 rings (SSSR count). The summed E-state index contributed by atoms with van der Waals surface area (Å²) in [5.74, 6) is 0.207. The van der Waals surface area contributed by atoms with Gasteiger partial charge in [-0.2, -0.15) is 5.10 Å². The Balaban J connectivity index is 1.76. The van der Waals surface area contributed by atoms with E-state index >= 15 is 0 Å². The van der Waals surface area contributed by atoms with Crippen molar-refractivity contribution in [3.63, 3.8) is 0 Å². The second-order valence-corrected chi connectivity index (χ2v) is 4.80. The van der Waals surface area contributed by atoms with E-state index in [2.05, 4.69) is 28.0 Å². The summed E-state index contributed by atoms with van der Waals surface area (Å²) >= 11 is 5.09. The van der Waals surface area contributed by atoms with Crippen molar-refractivity contribution in [2.75, 3.05) is 5.32 Å². The second-order valence-electron chi connectivity index (χ2n) is 4.40. The maximum Gasteiger partial charge on any atom is 0.191 e. The number of allylic oxidation sites excluding steroid dienone is 2. The second kappa shape index (κ2) is 6.99.